The van der Waals surface area contributed by atoms with Gasteiger partial charge in [0.25, 0.3) is 0 Å². The average Bonchev–Trinajstić information content (AvgIpc) is 2.55. The second-order valence-electron chi connectivity index (χ2n) is 4.81. The molecular weight excluding hydrogens is 268 g/mol. The van der Waals surface area contributed by atoms with Crippen LogP contribution in [0.3, 0.4) is 0 Å². The van der Waals surface area contributed by atoms with Gasteiger partial charge in [-0.3, -0.25) is 9.13 Å². The van der Waals surface area contributed by atoms with E-state index in [4.69, 9.17) is 0 Å². The molecule has 2 atom stereocenters. The third-order valence-electron chi connectivity index (χ3n) is 4.01. The van der Waals surface area contributed by atoms with Crippen LogP contribution >= 0.6 is 15.2 Å². The Hall–Kier alpha value is 0.260. The van der Waals surface area contributed by atoms with E-state index in [0.717, 1.165) is 6.54 Å². The number of rotatable bonds is 2. The van der Waals surface area contributed by atoms with Gasteiger partial charge in [0, 0.05) is 12.0 Å². The predicted octanol–water partition coefficient (Wildman–Crippen LogP) is 0.200. The van der Waals surface area contributed by atoms with Crippen molar-refractivity contribution >= 4 is 15.2 Å². The van der Waals surface area contributed by atoms with E-state index in [9.17, 15) is 28.7 Å². The standard InChI is InChI=1S/C8H17NO6P2/c10-16(11,12)8(17(13,14)15)4-3-7-6(8)2-1-5-9-7/h6-7,9H,1-5H2,(H2,10,11,12)(H2,13,14,15). The molecule has 0 bridgehead atoms. The van der Waals surface area contributed by atoms with Crippen LogP contribution in [0.1, 0.15) is 25.7 Å². The van der Waals surface area contributed by atoms with E-state index in [1.807, 2.05) is 0 Å². The van der Waals surface area contributed by atoms with E-state index in [-0.39, 0.29) is 12.5 Å². The third-order valence-corrected chi connectivity index (χ3v) is 8.70. The third kappa shape index (κ3) is 1.94. The zero-order valence-corrected chi connectivity index (χ0v) is 11.0. The van der Waals surface area contributed by atoms with Gasteiger partial charge in [0.2, 0.25) is 0 Å². The number of hydrogen-bond donors (Lipinski definition) is 5. The monoisotopic (exact) mass is 285 g/mol. The van der Waals surface area contributed by atoms with Gasteiger partial charge in [0.15, 0.2) is 4.90 Å². The Bertz CT molecular complexity index is 379. The van der Waals surface area contributed by atoms with Crippen LogP contribution in [-0.2, 0) is 9.13 Å². The molecule has 2 unspecified atom stereocenters. The van der Waals surface area contributed by atoms with Crippen LogP contribution in [0.15, 0.2) is 0 Å². The van der Waals surface area contributed by atoms with Crippen molar-refractivity contribution in [3.63, 3.8) is 0 Å². The molecule has 0 spiro atoms. The molecule has 0 amide bonds. The summed E-state index contributed by atoms with van der Waals surface area (Å²) < 4.78 is 23.3. The van der Waals surface area contributed by atoms with E-state index in [1.54, 1.807) is 0 Å². The summed E-state index contributed by atoms with van der Waals surface area (Å²) in [5.41, 5.74) is 0. The van der Waals surface area contributed by atoms with Gasteiger partial charge in [0.1, 0.15) is 0 Å². The molecule has 17 heavy (non-hydrogen) atoms. The Morgan fingerprint density at radius 3 is 2.18 bits per heavy atom. The van der Waals surface area contributed by atoms with Crippen LogP contribution < -0.4 is 5.32 Å². The minimum absolute atomic E-state index is 0.121. The minimum atomic E-state index is -4.86. The SMILES string of the molecule is O=P(O)(O)C1(P(=O)(O)O)CCC2NCCCC21. The molecule has 0 radical (unpaired) electrons. The average molecular weight is 285 g/mol. The maximum absolute atomic E-state index is 11.6. The predicted molar refractivity (Wildman–Crippen MR) is 60.6 cm³/mol. The van der Waals surface area contributed by atoms with Crippen LogP contribution in [0.5, 0.6) is 0 Å². The van der Waals surface area contributed by atoms with Gasteiger partial charge in [-0.25, -0.2) is 0 Å². The van der Waals surface area contributed by atoms with Crippen LogP contribution in [0.4, 0.5) is 0 Å². The molecule has 100 valence electrons. The van der Waals surface area contributed by atoms with Crippen molar-refractivity contribution in [2.75, 3.05) is 6.54 Å². The fourth-order valence-corrected chi connectivity index (χ4v) is 6.94. The molecule has 0 aromatic carbocycles. The van der Waals surface area contributed by atoms with Gasteiger partial charge in [0.05, 0.1) is 0 Å². The zero-order valence-electron chi connectivity index (χ0n) is 9.19. The fraction of sp³-hybridized carbons (Fsp3) is 1.00. The lowest BCUT2D eigenvalue weighted by Crippen LogP contribution is -2.45. The number of hydrogen-bond acceptors (Lipinski definition) is 3. The zero-order chi connectivity index (χ0) is 12.9. The van der Waals surface area contributed by atoms with Crippen LogP contribution in [0.25, 0.3) is 0 Å². The topological polar surface area (TPSA) is 127 Å². The van der Waals surface area contributed by atoms with Gasteiger partial charge in [-0.2, -0.15) is 0 Å². The second kappa shape index (κ2) is 4.14. The molecule has 0 aromatic rings. The Morgan fingerprint density at radius 2 is 1.65 bits per heavy atom. The molecule has 1 saturated heterocycles. The highest BCUT2D eigenvalue weighted by Gasteiger charge is 2.68. The van der Waals surface area contributed by atoms with Gasteiger partial charge in [-0.05, 0) is 32.2 Å². The molecule has 9 heteroatoms. The van der Waals surface area contributed by atoms with Crippen molar-refractivity contribution in [1.82, 2.24) is 5.32 Å². The highest BCUT2D eigenvalue weighted by Crippen LogP contribution is 2.77. The Labute approximate surface area is 98.9 Å². The van der Waals surface area contributed by atoms with Crippen molar-refractivity contribution in [2.45, 2.75) is 36.6 Å². The molecular formula is C8H17NO6P2. The molecule has 0 aromatic heterocycles. The lowest BCUT2D eigenvalue weighted by Gasteiger charge is -2.39. The quantitative estimate of drug-likeness (QED) is 0.458. The summed E-state index contributed by atoms with van der Waals surface area (Å²) in [7, 11) is -9.72. The van der Waals surface area contributed by atoms with Crippen molar-refractivity contribution in [1.29, 1.82) is 0 Å². The number of piperidine rings is 1. The number of fused-ring (bicyclic) bond motifs is 1. The Morgan fingerprint density at radius 1 is 1.06 bits per heavy atom. The normalized spacial score (nSPS) is 33.4. The summed E-state index contributed by atoms with van der Waals surface area (Å²) in [6.07, 6.45) is 1.42. The maximum atomic E-state index is 11.6. The largest absolute Gasteiger partial charge is 0.344 e. The maximum Gasteiger partial charge on any atom is 0.344 e. The molecule has 2 fully saturated rings. The van der Waals surface area contributed by atoms with Crippen molar-refractivity contribution in [3.05, 3.63) is 0 Å². The van der Waals surface area contributed by atoms with E-state index >= 15 is 0 Å². The van der Waals surface area contributed by atoms with Crippen LogP contribution in [-0.4, -0.2) is 37.1 Å². The summed E-state index contributed by atoms with van der Waals surface area (Å²) >= 11 is 0. The first-order valence-corrected chi connectivity index (χ1v) is 8.77. The number of nitrogens with one attached hydrogen (secondary N) is 1. The molecule has 1 aliphatic carbocycles. The van der Waals surface area contributed by atoms with E-state index < -0.39 is 26.0 Å². The molecule has 1 heterocycles. The van der Waals surface area contributed by atoms with Gasteiger partial charge >= 0.3 is 15.2 Å². The summed E-state index contributed by atoms with van der Waals surface area (Å²) in [5, 5.41) is 3.09. The van der Waals surface area contributed by atoms with E-state index in [0.29, 0.717) is 19.3 Å². The Balaban J connectivity index is 2.49. The first-order chi connectivity index (χ1) is 7.70. The van der Waals surface area contributed by atoms with Gasteiger partial charge in [-0.15, -0.1) is 0 Å². The highest BCUT2D eigenvalue weighted by molar-refractivity contribution is 7.72. The van der Waals surface area contributed by atoms with E-state index in [2.05, 4.69) is 5.32 Å². The van der Waals surface area contributed by atoms with Crippen molar-refractivity contribution in [3.8, 4) is 0 Å². The summed E-state index contributed by atoms with van der Waals surface area (Å²) in [4.78, 5) is 35.6. The summed E-state index contributed by atoms with van der Waals surface area (Å²) in [6, 6.07) is -0.191. The lowest BCUT2D eigenvalue weighted by atomic mass is 9.93. The van der Waals surface area contributed by atoms with Crippen LogP contribution in [0, 0.1) is 5.92 Å². The first-order valence-electron chi connectivity index (χ1n) is 5.55. The summed E-state index contributed by atoms with van der Waals surface area (Å²) in [5.74, 6) is -0.641. The Kier molecular flexibility index (Phi) is 3.33. The van der Waals surface area contributed by atoms with Crippen molar-refractivity contribution in [2.24, 2.45) is 5.92 Å². The summed E-state index contributed by atoms with van der Waals surface area (Å²) in [6.45, 7) is 0.736. The van der Waals surface area contributed by atoms with Gasteiger partial charge in [-0.1, -0.05) is 0 Å². The minimum Gasteiger partial charge on any atom is -0.324 e. The highest BCUT2D eigenvalue weighted by atomic mass is 31.2. The molecule has 7 nitrogen and oxygen atoms in total. The molecule has 2 aliphatic rings. The second-order valence-corrected chi connectivity index (χ2v) is 8.94. The van der Waals surface area contributed by atoms with Crippen molar-refractivity contribution < 1.29 is 28.7 Å². The molecule has 2 rings (SSSR count). The van der Waals surface area contributed by atoms with E-state index in [1.165, 1.54) is 0 Å². The lowest BCUT2D eigenvalue weighted by molar-refractivity contribution is 0.243. The molecule has 5 N–H and O–H groups in total. The van der Waals surface area contributed by atoms with Crippen LogP contribution in [0.2, 0.25) is 0 Å². The van der Waals surface area contributed by atoms with Gasteiger partial charge < -0.3 is 24.9 Å². The molecule has 1 aliphatic heterocycles. The molecule has 1 saturated carbocycles. The fourth-order valence-electron chi connectivity index (χ4n) is 3.26. The smallest absolute Gasteiger partial charge is 0.324 e. The first kappa shape index (κ1) is 13.7.